The second-order valence-corrected chi connectivity index (χ2v) is 4.78. The number of benzene rings is 1. The Labute approximate surface area is 124 Å². The Bertz CT molecular complexity index is 584. The maximum atomic E-state index is 5.39. The van der Waals surface area contributed by atoms with Gasteiger partial charge in [0.2, 0.25) is 11.9 Å². The number of anilines is 2. The Hall–Kier alpha value is -2.21. The van der Waals surface area contributed by atoms with Gasteiger partial charge >= 0.3 is 0 Å². The molecule has 1 fully saturated rings. The summed E-state index contributed by atoms with van der Waals surface area (Å²) < 4.78 is 5.39. The average Bonchev–Trinajstić information content (AvgIpc) is 2.56. The molecule has 0 amide bonds. The number of hydrogen-bond acceptors (Lipinski definition) is 6. The Morgan fingerprint density at radius 1 is 1.10 bits per heavy atom. The summed E-state index contributed by atoms with van der Waals surface area (Å²) in [5.41, 5.74) is 0.994. The van der Waals surface area contributed by atoms with Gasteiger partial charge in [0, 0.05) is 25.2 Å². The summed E-state index contributed by atoms with van der Waals surface area (Å²) in [6.45, 7) is 5.85. The molecule has 1 aliphatic rings. The molecular formula is C15H19N5O. The lowest BCUT2D eigenvalue weighted by Gasteiger charge is -2.27. The fraction of sp³-hybridized carbons (Fsp3) is 0.400. The van der Waals surface area contributed by atoms with E-state index < -0.39 is 0 Å². The van der Waals surface area contributed by atoms with Crippen molar-refractivity contribution in [2.45, 2.75) is 6.92 Å². The van der Waals surface area contributed by atoms with Gasteiger partial charge in [-0.05, 0) is 6.92 Å². The molecule has 0 bridgehead atoms. The molecule has 6 nitrogen and oxygen atoms in total. The highest BCUT2D eigenvalue weighted by molar-refractivity contribution is 5.58. The van der Waals surface area contributed by atoms with Gasteiger partial charge in [0.1, 0.15) is 0 Å². The van der Waals surface area contributed by atoms with Gasteiger partial charge < -0.3 is 15.0 Å². The van der Waals surface area contributed by atoms with Gasteiger partial charge in [0.05, 0.1) is 13.2 Å². The zero-order valence-electron chi connectivity index (χ0n) is 12.1. The predicted octanol–water partition coefficient (Wildman–Crippen LogP) is 1.81. The molecule has 1 aromatic heterocycles. The largest absolute Gasteiger partial charge is 0.378 e. The quantitative estimate of drug-likeness (QED) is 0.924. The monoisotopic (exact) mass is 285 g/mol. The van der Waals surface area contributed by atoms with E-state index in [0.29, 0.717) is 30.9 Å². The lowest BCUT2D eigenvalue weighted by Crippen LogP contribution is -2.37. The topological polar surface area (TPSA) is 63.2 Å². The highest BCUT2D eigenvalue weighted by atomic mass is 16.5. The summed E-state index contributed by atoms with van der Waals surface area (Å²) in [7, 11) is 0. The van der Waals surface area contributed by atoms with Crippen molar-refractivity contribution in [3.63, 3.8) is 0 Å². The van der Waals surface area contributed by atoms with Crippen LogP contribution in [0.1, 0.15) is 6.92 Å². The van der Waals surface area contributed by atoms with E-state index in [9.17, 15) is 0 Å². The number of ether oxygens (including phenoxy) is 1. The molecular weight excluding hydrogens is 266 g/mol. The minimum atomic E-state index is 0.618. The number of nitrogens with one attached hydrogen (secondary N) is 1. The third-order valence-electron chi connectivity index (χ3n) is 3.28. The van der Waals surface area contributed by atoms with Crippen LogP contribution in [0, 0.1) is 0 Å². The van der Waals surface area contributed by atoms with E-state index in [2.05, 4.69) is 25.2 Å². The third-order valence-corrected chi connectivity index (χ3v) is 3.28. The minimum absolute atomic E-state index is 0.618. The number of morpholine rings is 1. The summed E-state index contributed by atoms with van der Waals surface area (Å²) in [5, 5.41) is 3.18. The van der Waals surface area contributed by atoms with Crippen LogP contribution < -0.4 is 10.2 Å². The van der Waals surface area contributed by atoms with Crippen LogP contribution in [0.3, 0.4) is 0 Å². The van der Waals surface area contributed by atoms with Crippen LogP contribution in [-0.4, -0.2) is 47.8 Å². The van der Waals surface area contributed by atoms with Crippen LogP contribution in [0.25, 0.3) is 11.4 Å². The molecule has 2 heterocycles. The zero-order valence-corrected chi connectivity index (χ0v) is 12.1. The molecule has 1 aromatic carbocycles. The fourth-order valence-corrected chi connectivity index (χ4v) is 2.22. The number of hydrogen-bond donors (Lipinski definition) is 1. The first-order chi connectivity index (χ1) is 10.4. The first-order valence-electron chi connectivity index (χ1n) is 7.25. The van der Waals surface area contributed by atoms with E-state index in [1.807, 2.05) is 37.3 Å². The molecule has 0 unspecified atom stereocenters. The molecule has 21 heavy (non-hydrogen) atoms. The van der Waals surface area contributed by atoms with Crippen LogP contribution in [0.4, 0.5) is 11.9 Å². The molecule has 0 aliphatic carbocycles. The molecule has 3 rings (SSSR count). The molecule has 110 valence electrons. The van der Waals surface area contributed by atoms with Crippen LogP contribution in [0.5, 0.6) is 0 Å². The molecule has 2 aromatic rings. The van der Waals surface area contributed by atoms with Gasteiger partial charge in [-0.2, -0.15) is 15.0 Å². The van der Waals surface area contributed by atoms with Crippen molar-refractivity contribution < 1.29 is 4.74 Å². The van der Waals surface area contributed by atoms with E-state index in [4.69, 9.17) is 4.74 Å². The molecule has 0 spiro atoms. The van der Waals surface area contributed by atoms with Crippen LogP contribution in [0.15, 0.2) is 30.3 Å². The Morgan fingerprint density at radius 2 is 1.86 bits per heavy atom. The van der Waals surface area contributed by atoms with Crippen molar-refractivity contribution in [3.05, 3.63) is 30.3 Å². The van der Waals surface area contributed by atoms with Crippen LogP contribution in [0.2, 0.25) is 0 Å². The Morgan fingerprint density at radius 3 is 2.57 bits per heavy atom. The van der Waals surface area contributed by atoms with Crippen LogP contribution >= 0.6 is 0 Å². The van der Waals surface area contributed by atoms with Crippen molar-refractivity contribution in [1.82, 2.24) is 15.0 Å². The normalized spacial score (nSPS) is 15.0. The van der Waals surface area contributed by atoms with Gasteiger partial charge in [0.25, 0.3) is 0 Å². The number of aromatic nitrogens is 3. The lowest BCUT2D eigenvalue weighted by molar-refractivity contribution is 0.122. The van der Waals surface area contributed by atoms with E-state index in [0.717, 1.165) is 25.2 Å². The molecule has 6 heteroatoms. The van der Waals surface area contributed by atoms with Crippen molar-refractivity contribution in [2.24, 2.45) is 0 Å². The van der Waals surface area contributed by atoms with Gasteiger partial charge in [-0.25, -0.2) is 0 Å². The maximum Gasteiger partial charge on any atom is 0.230 e. The van der Waals surface area contributed by atoms with Crippen LogP contribution in [-0.2, 0) is 4.74 Å². The van der Waals surface area contributed by atoms with Gasteiger partial charge in [-0.3, -0.25) is 0 Å². The van der Waals surface area contributed by atoms with Crippen molar-refractivity contribution in [2.75, 3.05) is 43.1 Å². The zero-order chi connectivity index (χ0) is 14.5. The van der Waals surface area contributed by atoms with E-state index in [-0.39, 0.29) is 0 Å². The van der Waals surface area contributed by atoms with E-state index in [1.54, 1.807) is 0 Å². The number of nitrogens with zero attached hydrogens (tertiary/aromatic N) is 4. The highest BCUT2D eigenvalue weighted by Gasteiger charge is 2.16. The molecule has 1 aliphatic heterocycles. The molecule has 0 atom stereocenters. The molecule has 1 N–H and O–H groups in total. The summed E-state index contributed by atoms with van der Waals surface area (Å²) in [6.07, 6.45) is 0. The summed E-state index contributed by atoms with van der Waals surface area (Å²) >= 11 is 0. The first kappa shape index (κ1) is 13.8. The second kappa shape index (κ2) is 6.49. The van der Waals surface area contributed by atoms with Crippen molar-refractivity contribution in [1.29, 1.82) is 0 Å². The maximum absolute atomic E-state index is 5.39. The minimum Gasteiger partial charge on any atom is -0.378 e. The smallest absolute Gasteiger partial charge is 0.230 e. The molecule has 0 saturated carbocycles. The predicted molar refractivity (Wildman–Crippen MR) is 82.5 cm³/mol. The SMILES string of the molecule is CCNc1nc(-c2ccccc2)nc(N2CCOCC2)n1. The third kappa shape index (κ3) is 3.28. The summed E-state index contributed by atoms with van der Waals surface area (Å²) in [5.74, 6) is 2.03. The van der Waals surface area contributed by atoms with Crippen molar-refractivity contribution in [3.8, 4) is 11.4 Å². The summed E-state index contributed by atoms with van der Waals surface area (Å²) in [6, 6.07) is 9.97. The van der Waals surface area contributed by atoms with Gasteiger partial charge in [0.15, 0.2) is 5.82 Å². The standard InChI is InChI=1S/C15H19N5O/c1-2-16-14-17-13(12-6-4-3-5-7-12)18-15(19-14)20-8-10-21-11-9-20/h3-7H,2,8-11H2,1H3,(H,16,17,18,19). The Balaban J connectivity index is 1.97. The fourth-order valence-electron chi connectivity index (χ4n) is 2.22. The molecule has 1 saturated heterocycles. The Kier molecular flexibility index (Phi) is 4.25. The number of rotatable bonds is 4. The summed E-state index contributed by atoms with van der Waals surface area (Å²) in [4.78, 5) is 15.8. The van der Waals surface area contributed by atoms with Gasteiger partial charge in [-0.1, -0.05) is 30.3 Å². The highest BCUT2D eigenvalue weighted by Crippen LogP contribution is 2.20. The second-order valence-electron chi connectivity index (χ2n) is 4.78. The van der Waals surface area contributed by atoms with Gasteiger partial charge in [-0.15, -0.1) is 0 Å². The van der Waals surface area contributed by atoms with E-state index in [1.165, 1.54) is 0 Å². The lowest BCUT2D eigenvalue weighted by atomic mass is 10.2. The van der Waals surface area contributed by atoms with E-state index >= 15 is 0 Å². The molecule has 0 radical (unpaired) electrons. The average molecular weight is 285 g/mol. The van der Waals surface area contributed by atoms with Crippen molar-refractivity contribution >= 4 is 11.9 Å². The first-order valence-corrected chi connectivity index (χ1v) is 7.25.